The van der Waals surface area contributed by atoms with E-state index in [4.69, 9.17) is 11.6 Å². The van der Waals surface area contributed by atoms with Crippen LogP contribution in [0.1, 0.15) is 37.4 Å². The Morgan fingerprint density at radius 3 is 2.65 bits per heavy atom. The SMILES string of the molecule is Cc1ccc2cc(C(C)CC(C)Cl)ccc2n1. The second-order valence-electron chi connectivity index (χ2n) is 4.82. The monoisotopic (exact) mass is 247 g/mol. The number of hydrogen-bond acceptors (Lipinski definition) is 1. The molecule has 0 amide bonds. The summed E-state index contributed by atoms with van der Waals surface area (Å²) < 4.78 is 0. The maximum atomic E-state index is 6.05. The maximum Gasteiger partial charge on any atom is 0.0705 e. The molecule has 1 nitrogen and oxygen atoms in total. The molecule has 0 fully saturated rings. The van der Waals surface area contributed by atoms with Crippen molar-refractivity contribution in [3.05, 3.63) is 41.6 Å². The average Bonchev–Trinajstić information content (AvgIpc) is 2.27. The van der Waals surface area contributed by atoms with Gasteiger partial charge in [-0.1, -0.05) is 19.1 Å². The molecule has 0 N–H and O–H groups in total. The molecule has 2 unspecified atom stereocenters. The summed E-state index contributed by atoms with van der Waals surface area (Å²) in [4.78, 5) is 4.51. The summed E-state index contributed by atoms with van der Waals surface area (Å²) in [5, 5.41) is 1.43. The molecule has 2 aromatic rings. The molecule has 0 bridgehead atoms. The number of benzene rings is 1. The fourth-order valence-corrected chi connectivity index (χ4v) is 2.44. The Morgan fingerprint density at radius 1 is 1.18 bits per heavy atom. The molecule has 0 aliphatic rings. The number of aryl methyl sites for hydroxylation is 1. The number of pyridine rings is 1. The quantitative estimate of drug-likeness (QED) is 0.719. The zero-order valence-electron chi connectivity index (χ0n) is 10.6. The number of aromatic nitrogens is 1. The van der Waals surface area contributed by atoms with E-state index in [1.165, 1.54) is 10.9 Å². The van der Waals surface area contributed by atoms with E-state index in [2.05, 4.69) is 42.2 Å². The Kier molecular flexibility index (Phi) is 3.68. The molecule has 1 aromatic carbocycles. The molecule has 2 heteroatoms. The van der Waals surface area contributed by atoms with Crippen molar-refractivity contribution in [2.24, 2.45) is 0 Å². The first-order chi connectivity index (χ1) is 8.06. The minimum Gasteiger partial charge on any atom is -0.253 e. The molecule has 1 heterocycles. The van der Waals surface area contributed by atoms with Crippen LogP contribution in [0.4, 0.5) is 0 Å². The van der Waals surface area contributed by atoms with Gasteiger partial charge in [-0.25, -0.2) is 0 Å². The Hall–Kier alpha value is -1.08. The zero-order chi connectivity index (χ0) is 12.4. The van der Waals surface area contributed by atoms with Gasteiger partial charge < -0.3 is 0 Å². The van der Waals surface area contributed by atoms with E-state index >= 15 is 0 Å². The fraction of sp³-hybridized carbons (Fsp3) is 0.400. The number of nitrogens with zero attached hydrogens (tertiary/aromatic N) is 1. The summed E-state index contributed by atoms with van der Waals surface area (Å²) in [6.07, 6.45) is 1.01. The lowest BCUT2D eigenvalue weighted by Gasteiger charge is -2.14. The minimum absolute atomic E-state index is 0.219. The third-order valence-corrected chi connectivity index (χ3v) is 3.28. The molecule has 0 aliphatic heterocycles. The third-order valence-electron chi connectivity index (χ3n) is 3.10. The summed E-state index contributed by atoms with van der Waals surface area (Å²) >= 11 is 6.05. The molecule has 2 rings (SSSR count). The van der Waals surface area contributed by atoms with Crippen LogP contribution in [0.2, 0.25) is 0 Å². The van der Waals surface area contributed by atoms with E-state index in [0.29, 0.717) is 5.92 Å². The standard InChI is InChI=1S/C15H18ClN/c1-10(8-11(2)16)13-6-7-15-14(9-13)5-4-12(3)17-15/h4-7,9-11H,8H2,1-3H3. The van der Waals surface area contributed by atoms with Crippen LogP contribution in [-0.2, 0) is 0 Å². The van der Waals surface area contributed by atoms with Crippen molar-refractivity contribution in [2.75, 3.05) is 0 Å². The fourth-order valence-electron chi connectivity index (χ4n) is 2.18. The molecule has 0 spiro atoms. The lowest BCUT2D eigenvalue weighted by Crippen LogP contribution is -2.00. The van der Waals surface area contributed by atoms with Crippen molar-refractivity contribution in [3.63, 3.8) is 0 Å². The second-order valence-corrected chi connectivity index (χ2v) is 5.57. The van der Waals surface area contributed by atoms with E-state index in [-0.39, 0.29) is 5.38 Å². The maximum absolute atomic E-state index is 6.05. The smallest absolute Gasteiger partial charge is 0.0705 e. The van der Waals surface area contributed by atoms with Crippen molar-refractivity contribution < 1.29 is 0 Å². The van der Waals surface area contributed by atoms with Crippen molar-refractivity contribution >= 4 is 22.5 Å². The molecule has 0 radical (unpaired) electrons. The summed E-state index contributed by atoms with van der Waals surface area (Å²) in [6, 6.07) is 10.7. The van der Waals surface area contributed by atoms with Crippen LogP contribution in [0, 0.1) is 6.92 Å². The van der Waals surface area contributed by atoms with Gasteiger partial charge in [-0.05, 0) is 49.9 Å². The van der Waals surface area contributed by atoms with E-state index < -0.39 is 0 Å². The molecule has 2 atom stereocenters. The summed E-state index contributed by atoms with van der Waals surface area (Å²) in [7, 11) is 0. The Labute approximate surface area is 108 Å². The van der Waals surface area contributed by atoms with Gasteiger partial charge in [0.05, 0.1) is 5.52 Å². The van der Waals surface area contributed by atoms with Crippen LogP contribution in [0.15, 0.2) is 30.3 Å². The van der Waals surface area contributed by atoms with Crippen LogP contribution >= 0.6 is 11.6 Å². The van der Waals surface area contributed by atoms with Crippen LogP contribution in [0.3, 0.4) is 0 Å². The van der Waals surface area contributed by atoms with Gasteiger partial charge in [0.2, 0.25) is 0 Å². The Bertz CT molecular complexity index is 519. The number of halogens is 1. The van der Waals surface area contributed by atoms with E-state index in [1.54, 1.807) is 0 Å². The van der Waals surface area contributed by atoms with E-state index in [0.717, 1.165) is 17.6 Å². The van der Waals surface area contributed by atoms with Gasteiger partial charge in [0.1, 0.15) is 0 Å². The minimum atomic E-state index is 0.219. The molecule has 0 aliphatic carbocycles. The first kappa shape index (κ1) is 12.4. The molecular formula is C15H18ClN. The van der Waals surface area contributed by atoms with Gasteiger partial charge >= 0.3 is 0 Å². The Morgan fingerprint density at radius 2 is 1.94 bits per heavy atom. The predicted octanol–water partition coefficient (Wildman–Crippen LogP) is 4.66. The first-order valence-electron chi connectivity index (χ1n) is 6.07. The second kappa shape index (κ2) is 5.05. The summed E-state index contributed by atoms with van der Waals surface area (Å²) in [5.74, 6) is 0.494. The highest BCUT2D eigenvalue weighted by molar-refractivity contribution is 6.20. The molecule has 0 saturated heterocycles. The summed E-state index contributed by atoms with van der Waals surface area (Å²) in [6.45, 7) is 6.29. The first-order valence-corrected chi connectivity index (χ1v) is 6.51. The zero-order valence-corrected chi connectivity index (χ0v) is 11.3. The lowest BCUT2D eigenvalue weighted by atomic mass is 9.95. The van der Waals surface area contributed by atoms with Crippen molar-refractivity contribution in [3.8, 4) is 0 Å². The highest BCUT2D eigenvalue weighted by Gasteiger charge is 2.09. The molecule has 1 aromatic heterocycles. The molecule has 0 saturated carbocycles. The van der Waals surface area contributed by atoms with Crippen molar-refractivity contribution in [1.29, 1.82) is 0 Å². The highest BCUT2D eigenvalue weighted by Crippen LogP contribution is 2.25. The number of alkyl halides is 1. The van der Waals surface area contributed by atoms with Crippen LogP contribution in [-0.4, -0.2) is 10.4 Å². The molecule has 17 heavy (non-hydrogen) atoms. The van der Waals surface area contributed by atoms with Gasteiger partial charge in [-0.15, -0.1) is 11.6 Å². The topological polar surface area (TPSA) is 12.9 Å². The number of rotatable bonds is 3. The highest BCUT2D eigenvalue weighted by atomic mass is 35.5. The van der Waals surface area contributed by atoms with Crippen LogP contribution in [0.5, 0.6) is 0 Å². The van der Waals surface area contributed by atoms with E-state index in [1.807, 2.05) is 13.8 Å². The van der Waals surface area contributed by atoms with Gasteiger partial charge in [-0.2, -0.15) is 0 Å². The molecule has 90 valence electrons. The van der Waals surface area contributed by atoms with Crippen molar-refractivity contribution in [2.45, 2.75) is 38.5 Å². The van der Waals surface area contributed by atoms with Crippen molar-refractivity contribution in [1.82, 2.24) is 4.98 Å². The summed E-state index contributed by atoms with van der Waals surface area (Å²) in [5.41, 5.74) is 3.48. The normalized spacial score (nSPS) is 14.8. The lowest BCUT2D eigenvalue weighted by molar-refractivity contribution is 0.671. The third kappa shape index (κ3) is 2.98. The van der Waals surface area contributed by atoms with E-state index in [9.17, 15) is 0 Å². The Balaban J connectivity index is 2.34. The number of hydrogen-bond donors (Lipinski definition) is 0. The van der Waals surface area contributed by atoms with Crippen LogP contribution < -0.4 is 0 Å². The molecular weight excluding hydrogens is 230 g/mol. The van der Waals surface area contributed by atoms with Gasteiger partial charge in [0.15, 0.2) is 0 Å². The largest absolute Gasteiger partial charge is 0.253 e. The van der Waals surface area contributed by atoms with Crippen LogP contribution in [0.25, 0.3) is 10.9 Å². The van der Waals surface area contributed by atoms with Gasteiger partial charge in [0.25, 0.3) is 0 Å². The van der Waals surface area contributed by atoms with Gasteiger partial charge in [0, 0.05) is 16.5 Å². The average molecular weight is 248 g/mol. The number of fused-ring (bicyclic) bond motifs is 1. The predicted molar refractivity (Wildman–Crippen MR) is 74.8 cm³/mol. The van der Waals surface area contributed by atoms with Gasteiger partial charge in [-0.3, -0.25) is 4.98 Å².